The third-order valence-electron chi connectivity index (χ3n) is 3.44. The van der Waals surface area contributed by atoms with E-state index in [1.165, 1.54) is 38.9 Å². The van der Waals surface area contributed by atoms with Crippen molar-refractivity contribution in [1.29, 1.82) is 0 Å². The van der Waals surface area contributed by atoms with Crippen molar-refractivity contribution in [2.45, 2.75) is 0 Å². The summed E-state index contributed by atoms with van der Waals surface area (Å²) in [6.07, 6.45) is 4.70. The first kappa shape index (κ1) is 18.4. The fraction of sp³-hybridized carbons (Fsp3) is 0.176. The number of amides is 1. The molecule has 9 nitrogen and oxygen atoms in total. The highest BCUT2D eigenvalue weighted by atomic mass is 32.1. The predicted molar refractivity (Wildman–Crippen MR) is 101 cm³/mol. The number of aromatic nitrogens is 3. The second-order valence-corrected chi connectivity index (χ2v) is 6.13. The SMILES string of the molecule is COc1cc(NC(=O)c2cnc(Nc3ncccn3)s2)cc(OC)c1OC. The van der Waals surface area contributed by atoms with Gasteiger partial charge in [0.1, 0.15) is 4.88 Å². The smallest absolute Gasteiger partial charge is 0.267 e. The molecule has 3 aromatic rings. The number of thiazole rings is 1. The number of rotatable bonds is 7. The van der Waals surface area contributed by atoms with Crippen LogP contribution in [0.5, 0.6) is 17.2 Å². The van der Waals surface area contributed by atoms with E-state index in [4.69, 9.17) is 14.2 Å². The van der Waals surface area contributed by atoms with Gasteiger partial charge in [-0.05, 0) is 6.07 Å². The molecule has 0 bridgehead atoms. The molecule has 0 radical (unpaired) electrons. The molecule has 0 saturated carbocycles. The van der Waals surface area contributed by atoms with Gasteiger partial charge in [0, 0.05) is 30.2 Å². The van der Waals surface area contributed by atoms with Crippen LogP contribution in [0.2, 0.25) is 0 Å². The number of methoxy groups -OCH3 is 3. The van der Waals surface area contributed by atoms with Gasteiger partial charge in [-0.2, -0.15) is 0 Å². The Hall–Kier alpha value is -3.40. The van der Waals surface area contributed by atoms with Crippen molar-refractivity contribution in [2.24, 2.45) is 0 Å². The molecule has 140 valence electrons. The molecule has 1 aromatic carbocycles. The highest BCUT2D eigenvalue weighted by Gasteiger charge is 2.16. The molecule has 0 aliphatic carbocycles. The number of carbonyl (C=O) groups is 1. The molecule has 0 unspecified atom stereocenters. The van der Waals surface area contributed by atoms with Gasteiger partial charge in [0.05, 0.1) is 27.5 Å². The topological polar surface area (TPSA) is 107 Å². The fourth-order valence-corrected chi connectivity index (χ4v) is 2.95. The highest BCUT2D eigenvalue weighted by molar-refractivity contribution is 7.17. The van der Waals surface area contributed by atoms with E-state index in [-0.39, 0.29) is 5.91 Å². The number of ether oxygens (including phenoxy) is 3. The first-order chi connectivity index (χ1) is 13.1. The summed E-state index contributed by atoms with van der Waals surface area (Å²) in [5, 5.41) is 6.25. The summed E-state index contributed by atoms with van der Waals surface area (Å²) in [5.74, 6) is 1.43. The van der Waals surface area contributed by atoms with Crippen molar-refractivity contribution in [3.63, 3.8) is 0 Å². The molecule has 0 atom stereocenters. The van der Waals surface area contributed by atoms with Gasteiger partial charge in [-0.25, -0.2) is 15.0 Å². The summed E-state index contributed by atoms with van der Waals surface area (Å²) in [4.78, 5) is 25.2. The van der Waals surface area contributed by atoms with Crippen LogP contribution in [0.15, 0.2) is 36.8 Å². The van der Waals surface area contributed by atoms with Crippen LogP contribution in [-0.2, 0) is 0 Å². The van der Waals surface area contributed by atoms with Crippen molar-refractivity contribution in [2.75, 3.05) is 32.0 Å². The lowest BCUT2D eigenvalue weighted by Crippen LogP contribution is -2.10. The zero-order valence-corrected chi connectivity index (χ0v) is 15.7. The lowest BCUT2D eigenvalue weighted by molar-refractivity contribution is 0.103. The van der Waals surface area contributed by atoms with Gasteiger partial charge >= 0.3 is 0 Å². The molecule has 3 rings (SSSR count). The molecule has 2 aromatic heterocycles. The highest BCUT2D eigenvalue weighted by Crippen LogP contribution is 2.40. The summed E-state index contributed by atoms with van der Waals surface area (Å²) in [6.45, 7) is 0. The summed E-state index contributed by atoms with van der Waals surface area (Å²) in [5.41, 5.74) is 0.504. The zero-order chi connectivity index (χ0) is 19.2. The normalized spacial score (nSPS) is 10.2. The second-order valence-electron chi connectivity index (χ2n) is 5.10. The van der Waals surface area contributed by atoms with Gasteiger partial charge in [0.25, 0.3) is 5.91 Å². The van der Waals surface area contributed by atoms with Gasteiger partial charge in [0.2, 0.25) is 11.7 Å². The van der Waals surface area contributed by atoms with Gasteiger partial charge in [-0.15, -0.1) is 0 Å². The molecule has 2 heterocycles. The van der Waals surface area contributed by atoms with Crippen molar-refractivity contribution in [3.8, 4) is 17.2 Å². The number of hydrogen-bond acceptors (Lipinski definition) is 9. The van der Waals surface area contributed by atoms with Crippen LogP contribution in [0, 0.1) is 0 Å². The summed E-state index contributed by atoms with van der Waals surface area (Å²) in [7, 11) is 4.53. The largest absolute Gasteiger partial charge is 0.493 e. The first-order valence-electron chi connectivity index (χ1n) is 7.75. The number of carbonyl (C=O) groups excluding carboxylic acids is 1. The zero-order valence-electron chi connectivity index (χ0n) is 14.8. The van der Waals surface area contributed by atoms with E-state index in [1.807, 2.05) is 0 Å². The lowest BCUT2D eigenvalue weighted by atomic mass is 10.2. The average Bonchev–Trinajstić information content (AvgIpc) is 3.16. The quantitative estimate of drug-likeness (QED) is 0.637. The van der Waals surface area contributed by atoms with Crippen LogP contribution >= 0.6 is 11.3 Å². The van der Waals surface area contributed by atoms with Gasteiger partial charge in [-0.1, -0.05) is 11.3 Å². The Labute approximate surface area is 159 Å². The van der Waals surface area contributed by atoms with Crippen molar-refractivity contribution >= 4 is 34.0 Å². The Balaban J connectivity index is 1.76. The molecule has 0 spiro atoms. The number of benzene rings is 1. The number of nitrogens with one attached hydrogen (secondary N) is 2. The number of hydrogen-bond donors (Lipinski definition) is 2. The average molecular weight is 387 g/mol. The van der Waals surface area contributed by atoms with E-state index >= 15 is 0 Å². The Morgan fingerprint density at radius 2 is 1.67 bits per heavy atom. The molecule has 0 fully saturated rings. The van der Waals surface area contributed by atoms with Gasteiger partial charge < -0.3 is 24.8 Å². The summed E-state index contributed by atoms with van der Waals surface area (Å²) >= 11 is 1.18. The molecule has 0 aliphatic rings. The molecule has 27 heavy (non-hydrogen) atoms. The Morgan fingerprint density at radius 1 is 1.00 bits per heavy atom. The van der Waals surface area contributed by atoms with Crippen LogP contribution in [0.3, 0.4) is 0 Å². The molecule has 10 heteroatoms. The van der Waals surface area contributed by atoms with Crippen molar-refractivity contribution in [1.82, 2.24) is 15.0 Å². The standard InChI is InChI=1S/C17H17N5O4S/c1-24-11-7-10(8-12(25-2)14(11)26-3)21-15(23)13-9-20-17(27-13)22-16-18-5-4-6-19-16/h4-9H,1-3H3,(H,21,23)(H,18,19,20,22). The minimum atomic E-state index is -0.316. The Kier molecular flexibility index (Phi) is 5.67. The monoisotopic (exact) mass is 387 g/mol. The molecular formula is C17H17N5O4S. The second kappa shape index (κ2) is 8.32. The van der Waals surface area contributed by atoms with E-state index in [0.717, 1.165) is 0 Å². The van der Waals surface area contributed by atoms with Crippen molar-refractivity contribution < 1.29 is 19.0 Å². The van der Waals surface area contributed by atoms with E-state index < -0.39 is 0 Å². The van der Waals surface area contributed by atoms with Crippen LogP contribution in [-0.4, -0.2) is 42.2 Å². The van der Waals surface area contributed by atoms with E-state index in [0.29, 0.717) is 38.9 Å². The number of nitrogens with zero attached hydrogens (tertiary/aromatic N) is 3. The van der Waals surface area contributed by atoms with Crippen LogP contribution < -0.4 is 24.8 Å². The molecule has 0 aliphatic heterocycles. The Morgan fingerprint density at radius 3 is 2.26 bits per heavy atom. The molecule has 0 saturated heterocycles. The van der Waals surface area contributed by atoms with E-state index in [1.54, 1.807) is 30.6 Å². The maximum atomic E-state index is 12.5. The van der Waals surface area contributed by atoms with Crippen LogP contribution in [0.1, 0.15) is 9.67 Å². The predicted octanol–water partition coefficient (Wildman–Crippen LogP) is 2.95. The summed E-state index contributed by atoms with van der Waals surface area (Å²) < 4.78 is 15.8. The van der Waals surface area contributed by atoms with Crippen molar-refractivity contribution in [3.05, 3.63) is 41.7 Å². The first-order valence-corrected chi connectivity index (χ1v) is 8.57. The lowest BCUT2D eigenvalue weighted by Gasteiger charge is -2.14. The van der Waals surface area contributed by atoms with Gasteiger partial charge in [0.15, 0.2) is 16.6 Å². The summed E-state index contributed by atoms with van der Waals surface area (Å²) in [6, 6.07) is 5.01. The fourth-order valence-electron chi connectivity index (χ4n) is 2.24. The maximum absolute atomic E-state index is 12.5. The minimum absolute atomic E-state index is 0.316. The molecule has 1 amide bonds. The minimum Gasteiger partial charge on any atom is -0.493 e. The number of anilines is 3. The van der Waals surface area contributed by atoms with Crippen LogP contribution in [0.25, 0.3) is 0 Å². The van der Waals surface area contributed by atoms with Crippen LogP contribution in [0.4, 0.5) is 16.8 Å². The third kappa shape index (κ3) is 4.23. The molecule has 2 N–H and O–H groups in total. The maximum Gasteiger partial charge on any atom is 0.267 e. The third-order valence-corrected chi connectivity index (χ3v) is 4.35. The van der Waals surface area contributed by atoms with E-state index in [9.17, 15) is 4.79 Å². The van der Waals surface area contributed by atoms with Gasteiger partial charge in [-0.3, -0.25) is 4.79 Å². The van der Waals surface area contributed by atoms with E-state index in [2.05, 4.69) is 25.6 Å². The molecular weight excluding hydrogens is 370 g/mol. The Bertz CT molecular complexity index is 907.